The molecule has 2 aromatic rings. The van der Waals surface area contributed by atoms with Crippen molar-refractivity contribution in [2.75, 3.05) is 6.61 Å². The highest BCUT2D eigenvalue weighted by Gasteiger charge is 2.21. The van der Waals surface area contributed by atoms with Gasteiger partial charge in [-0.15, -0.1) is 0 Å². The van der Waals surface area contributed by atoms with E-state index in [2.05, 4.69) is 4.99 Å². The number of aryl methyl sites for hydroxylation is 1. The number of benzene rings is 2. The molecule has 2 aromatic carbocycles. The maximum absolute atomic E-state index is 12.8. The zero-order valence-electron chi connectivity index (χ0n) is 12.1. The van der Waals surface area contributed by atoms with E-state index in [-0.39, 0.29) is 6.04 Å². The van der Waals surface area contributed by atoms with E-state index in [9.17, 15) is 4.21 Å². The molecule has 21 heavy (non-hydrogen) atoms. The van der Waals surface area contributed by atoms with Gasteiger partial charge in [-0.25, -0.2) is 9.20 Å². The summed E-state index contributed by atoms with van der Waals surface area (Å²) in [5.74, 6) is 0.596. The Hall–Kier alpha value is -1.94. The van der Waals surface area contributed by atoms with Crippen LogP contribution in [0.25, 0.3) is 0 Å². The molecule has 4 heteroatoms. The fraction of sp³-hybridized carbons (Fsp3) is 0.235. The van der Waals surface area contributed by atoms with Crippen LogP contribution in [-0.2, 0) is 15.5 Å². The molecule has 2 atom stereocenters. The molecule has 0 bridgehead atoms. The van der Waals surface area contributed by atoms with Gasteiger partial charge in [-0.05, 0) is 38.1 Å². The second kappa shape index (κ2) is 5.82. The van der Waals surface area contributed by atoms with Crippen molar-refractivity contribution in [1.82, 2.24) is 0 Å². The monoisotopic (exact) mass is 299 g/mol. The number of rotatable bonds is 3. The van der Waals surface area contributed by atoms with Crippen LogP contribution in [0.2, 0.25) is 0 Å². The Morgan fingerprint density at radius 1 is 1.14 bits per heavy atom. The second-order valence-corrected chi connectivity index (χ2v) is 6.62. The lowest BCUT2D eigenvalue weighted by Gasteiger charge is -2.09. The Morgan fingerprint density at radius 2 is 1.86 bits per heavy atom. The topological polar surface area (TPSA) is 38.7 Å². The Labute approximate surface area is 127 Å². The van der Waals surface area contributed by atoms with Crippen LogP contribution < -0.4 is 0 Å². The van der Waals surface area contributed by atoms with Crippen molar-refractivity contribution in [3.63, 3.8) is 0 Å². The molecule has 3 nitrogen and oxygen atoms in total. The predicted molar refractivity (Wildman–Crippen MR) is 84.2 cm³/mol. The summed E-state index contributed by atoms with van der Waals surface area (Å²) in [5.41, 5.74) is 1.97. The summed E-state index contributed by atoms with van der Waals surface area (Å²) in [4.78, 5) is 6.01. The van der Waals surface area contributed by atoms with Crippen LogP contribution in [0.1, 0.15) is 18.1 Å². The van der Waals surface area contributed by atoms with E-state index in [1.54, 1.807) is 0 Å². The summed E-state index contributed by atoms with van der Waals surface area (Å²) in [6.45, 7) is 4.61. The van der Waals surface area contributed by atoms with Gasteiger partial charge in [-0.3, -0.25) is 0 Å². The van der Waals surface area contributed by atoms with Gasteiger partial charge in [0.2, 0.25) is 5.90 Å². The molecule has 0 aromatic heterocycles. The number of aliphatic imine (C=N–C) groups is 1. The molecule has 0 saturated carbocycles. The van der Waals surface area contributed by atoms with Crippen LogP contribution in [0.3, 0.4) is 0 Å². The Balaban J connectivity index is 2.01. The lowest BCUT2D eigenvalue weighted by molar-refractivity contribution is 0.323. The van der Waals surface area contributed by atoms with E-state index in [1.807, 2.05) is 62.4 Å². The third-order valence-corrected chi connectivity index (χ3v) is 4.81. The van der Waals surface area contributed by atoms with Crippen LogP contribution in [0.5, 0.6) is 0 Å². The van der Waals surface area contributed by atoms with Crippen molar-refractivity contribution < 1.29 is 8.95 Å². The van der Waals surface area contributed by atoms with Gasteiger partial charge in [-0.2, -0.15) is 0 Å². The zero-order chi connectivity index (χ0) is 14.8. The normalized spacial score (nSPS) is 19.0. The number of ether oxygens (including phenoxy) is 1. The van der Waals surface area contributed by atoms with Crippen molar-refractivity contribution in [1.29, 1.82) is 0 Å². The van der Waals surface area contributed by atoms with Crippen molar-refractivity contribution in [2.24, 2.45) is 4.99 Å². The van der Waals surface area contributed by atoms with Gasteiger partial charge in [0.15, 0.2) is 0 Å². The molecule has 0 saturated heterocycles. The van der Waals surface area contributed by atoms with Crippen LogP contribution in [-0.4, -0.2) is 22.8 Å². The highest BCUT2D eigenvalue weighted by molar-refractivity contribution is 7.85. The molecule has 0 fully saturated rings. The first-order valence-corrected chi connectivity index (χ1v) is 8.08. The first-order valence-electron chi connectivity index (χ1n) is 6.93. The summed E-state index contributed by atoms with van der Waals surface area (Å²) in [5, 5.41) is 0. The predicted octanol–water partition coefficient (Wildman–Crippen LogP) is 3.33. The van der Waals surface area contributed by atoms with Crippen molar-refractivity contribution in [2.45, 2.75) is 29.7 Å². The van der Waals surface area contributed by atoms with Gasteiger partial charge in [0.25, 0.3) is 0 Å². The number of nitrogens with zero attached hydrogens (tertiary/aromatic N) is 1. The largest absolute Gasteiger partial charge is 0.475 e. The van der Waals surface area contributed by atoms with E-state index >= 15 is 0 Å². The molecule has 1 heterocycles. The minimum atomic E-state index is -1.23. The Kier molecular flexibility index (Phi) is 3.88. The van der Waals surface area contributed by atoms with Crippen LogP contribution in [0.15, 0.2) is 63.3 Å². The number of hydrogen-bond donors (Lipinski definition) is 0. The lowest BCUT2D eigenvalue weighted by Crippen LogP contribution is -2.07. The summed E-state index contributed by atoms with van der Waals surface area (Å²) in [7, 11) is -1.23. The molecule has 1 aliphatic rings. The van der Waals surface area contributed by atoms with E-state index in [0.29, 0.717) is 12.5 Å². The molecular weight excluding hydrogens is 282 g/mol. The van der Waals surface area contributed by atoms with Crippen molar-refractivity contribution in [3.8, 4) is 0 Å². The first kappa shape index (κ1) is 14.0. The SMILES string of the molecule is Cc1ccc([S@](=O)c2ccccc2C2=N[C@@H](C)CO2)cc1. The quantitative estimate of drug-likeness (QED) is 0.872. The molecule has 3 rings (SSSR count). The summed E-state index contributed by atoms with van der Waals surface area (Å²) >= 11 is 0. The third-order valence-electron chi connectivity index (χ3n) is 3.35. The standard InChI is InChI=1S/C17H17NO2S/c1-12-7-9-14(10-8-12)21(19)16-6-4-3-5-15(16)17-18-13(2)11-20-17/h3-10,13H,11H2,1-2H3/t13-,21-/m0/s1. The van der Waals surface area contributed by atoms with Gasteiger partial charge in [0.1, 0.15) is 6.61 Å². The highest BCUT2D eigenvalue weighted by Crippen LogP contribution is 2.23. The van der Waals surface area contributed by atoms with Gasteiger partial charge in [0, 0.05) is 4.90 Å². The van der Waals surface area contributed by atoms with Gasteiger partial charge < -0.3 is 4.74 Å². The Morgan fingerprint density at radius 3 is 2.52 bits per heavy atom. The van der Waals surface area contributed by atoms with E-state index in [1.165, 1.54) is 0 Å². The average molecular weight is 299 g/mol. The summed E-state index contributed by atoms with van der Waals surface area (Å²) < 4.78 is 18.4. The second-order valence-electron chi connectivity index (χ2n) is 5.17. The fourth-order valence-corrected chi connectivity index (χ4v) is 3.41. The molecule has 0 unspecified atom stereocenters. The molecule has 108 valence electrons. The van der Waals surface area contributed by atoms with E-state index in [0.717, 1.165) is 20.9 Å². The van der Waals surface area contributed by atoms with E-state index in [4.69, 9.17) is 4.74 Å². The highest BCUT2D eigenvalue weighted by atomic mass is 32.2. The minimum Gasteiger partial charge on any atom is -0.475 e. The lowest BCUT2D eigenvalue weighted by atomic mass is 10.2. The van der Waals surface area contributed by atoms with Crippen LogP contribution in [0, 0.1) is 6.92 Å². The molecule has 0 spiro atoms. The number of hydrogen-bond acceptors (Lipinski definition) is 3. The third kappa shape index (κ3) is 2.90. The molecule has 1 aliphatic heterocycles. The maximum Gasteiger partial charge on any atom is 0.217 e. The Bertz CT molecular complexity index is 707. The molecule has 0 N–H and O–H groups in total. The minimum absolute atomic E-state index is 0.154. The molecule has 0 radical (unpaired) electrons. The first-order chi connectivity index (χ1) is 10.1. The van der Waals surface area contributed by atoms with Gasteiger partial charge in [0.05, 0.1) is 27.3 Å². The maximum atomic E-state index is 12.8. The average Bonchev–Trinajstić information content (AvgIpc) is 2.94. The fourth-order valence-electron chi connectivity index (χ4n) is 2.22. The van der Waals surface area contributed by atoms with Gasteiger partial charge in [-0.1, -0.05) is 29.8 Å². The van der Waals surface area contributed by atoms with Crippen molar-refractivity contribution in [3.05, 3.63) is 59.7 Å². The molecular formula is C17H17NO2S. The van der Waals surface area contributed by atoms with E-state index < -0.39 is 10.8 Å². The molecule has 0 amide bonds. The van der Waals surface area contributed by atoms with Crippen LogP contribution >= 0.6 is 0 Å². The molecule has 0 aliphatic carbocycles. The smallest absolute Gasteiger partial charge is 0.217 e. The zero-order valence-corrected chi connectivity index (χ0v) is 12.9. The van der Waals surface area contributed by atoms with Crippen LogP contribution in [0.4, 0.5) is 0 Å². The van der Waals surface area contributed by atoms with Gasteiger partial charge >= 0.3 is 0 Å². The summed E-state index contributed by atoms with van der Waals surface area (Å²) in [6, 6.07) is 15.5. The summed E-state index contributed by atoms with van der Waals surface area (Å²) in [6.07, 6.45) is 0. The van der Waals surface area contributed by atoms with Crippen molar-refractivity contribution >= 4 is 16.7 Å².